The summed E-state index contributed by atoms with van der Waals surface area (Å²) < 4.78 is 3.83. The molecule has 0 unspecified atom stereocenters. The molecule has 0 radical (unpaired) electrons. The third-order valence-corrected chi connectivity index (χ3v) is 7.32. The number of ether oxygens (including phenoxy) is 1. The molecule has 0 spiro atoms. The van der Waals surface area contributed by atoms with Crippen LogP contribution in [0.3, 0.4) is 0 Å². The molecule has 0 saturated carbocycles. The van der Waals surface area contributed by atoms with E-state index in [4.69, 9.17) is 4.74 Å². The summed E-state index contributed by atoms with van der Waals surface area (Å²) in [7, 11) is 0. The fourth-order valence-corrected chi connectivity index (χ4v) is 3.79. The van der Waals surface area contributed by atoms with E-state index in [1.165, 1.54) is 13.1 Å². The number of hydrogen-bond donors (Lipinski definition) is 3. The normalized spacial score (nSPS) is 32.5. The highest BCUT2D eigenvalue weighted by molar-refractivity contribution is 9.26. The number of nitrogens with one attached hydrogen (secondary N) is 1. The van der Waals surface area contributed by atoms with E-state index < -0.39 is 37.9 Å². The van der Waals surface area contributed by atoms with Gasteiger partial charge in [0.2, 0.25) is 4.63 Å². The number of aryl methyl sites for hydroxylation is 1. The van der Waals surface area contributed by atoms with Gasteiger partial charge in [-0.05, 0) is 22.9 Å². The Kier molecular flexibility index (Phi) is 4.36. The van der Waals surface area contributed by atoms with Crippen molar-refractivity contribution in [3.8, 4) is 0 Å². The minimum absolute atomic E-state index is 0.296. The van der Waals surface area contributed by atoms with E-state index >= 15 is 0 Å². The number of hydrogen-bond acceptors (Lipinski definition) is 5. The molecule has 3 N–H and O–H groups in total. The van der Waals surface area contributed by atoms with Gasteiger partial charge in [-0.25, -0.2) is 4.79 Å². The lowest BCUT2D eigenvalue weighted by Crippen LogP contribution is -2.50. The molecule has 0 aliphatic carbocycles. The van der Waals surface area contributed by atoms with Crippen molar-refractivity contribution in [1.29, 1.82) is 0 Å². The van der Waals surface area contributed by atoms with Crippen LogP contribution >= 0.6 is 47.8 Å². The molecular weight excluding hydrogens is 468 g/mol. The van der Waals surface area contributed by atoms with E-state index in [0.29, 0.717) is 5.56 Å². The van der Waals surface area contributed by atoms with Crippen molar-refractivity contribution < 1.29 is 14.9 Å². The lowest BCUT2D eigenvalue weighted by molar-refractivity contribution is -0.0608. The summed E-state index contributed by atoms with van der Waals surface area (Å²) in [6.07, 6.45) is -0.766. The second-order valence-electron chi connectivity index (χ2n) is 4.41. The highest BCUT2D eigenvalue weighted by atomic mass is 79.9. The Hall–Kier alpha value is -0.000000000000000222. The summed E-state index contributed by atoms with van der Waals surface area (Å²) in [5.41, 5.74) is -0.925. The molecule has 7 nitrogen and oxygen atoms in total. The zero-order valence-corrected chi connectivity index (χ0v) is 14.9. The van der Waals surface area contributed by atoms with Crippen molar-refractivity contribution in [2.45, 2.75) is 27.0 Å². The van der Waals surface area contributed by atoms with Gasteiger partial charge in [0.25, 0.3) is 5.56 Å². The van der Waals surface area contributed by atoms with Crippen LogP contribution in [0.5, 0.6) is 0 Å². The first kappa shape index (κ1) is 16.4. The Morgan fingerprint density at radius 3 is 2.55 bits per heavy atom. The number of aromatic amines is 1. The molecule has 0 aromatic carbocycles. The molecule has 2 rings (SSSR count). The monoisotopic (exact) mass is 476 g/mol. The Bertz CT molecular complexity index is 643. The molecule has 1 aromatic heterocycles. The van der Waals surface area contributed by atoms with Crippen LogP contribution in [0.1, 0.15) is 5.56 Å². The average Bonchev–Trinajstić information content (AvgIpc) is 2.55. The molecule has 2 heterocycles. The summed E-state index contributed by atoms with van der Waals surface area (Å²) >= 11 is 9.78. The van der Waals surface area contributed by atoms with E-state index in [9.17, 15) is 19.8 Å². The minimum Gasteiger partial charge on any atom is -0.394 e. The lowest BCUT2D eigenvalue weighted by atomic mass is 10.2. The van der Waals surface area contributed by atoms with Gasteiger partial charge in [-0.15, -0.1) is 0 Å². The Morgan fingerprint density at radius 1 is 1.45 bits per heavy atom. The Balaban J connectivity index is 2.65. The predicted octanol–water partition coefficient (Wildman–Crippen LogP) is 0.0883. The van der Waals surface area contributed by atoms with Crippen molar-refractivity contribution in [3.63, 3.8) is 0 Å². The molecule has 0 amide bonds. The van der Waals surface area contributed by atoms with Gasteiger partial charge >= 0.3 is 5.69 Å². The molecular formula is C10H11Br3N2O5. The SMILES string of the molecule is Cc1cn([C@]2(Br)O[C@H](CO)[C@@H](O)C2(Br)Br)c(=O)[nH]c1=O. The first-order valence-electron chi connectivity index (χ1n) is 5.51. The van der Waals surface area contributed by atoms with Gasteiger partial charge in [0, 0.05) is 11.8 Å². The van der Waals surface area contributed by atoms with E-state index in [2.05, 4.69) is 52.8 Å². The second kappa shape index (κ2) is 5.33. The fraction of sp³-hybridized carbons (Fsp3) is 0.600. The van der Waals surface area contributed by atoms with Crippen LogP contribution in [0.15, 0.2) is 15.8 Å². The molecule has 0 bridgehead atoms. The van der Waals surface area contributed by atoms with E-state index in [-0.39, 0.29) is 0 Å². The van der Waals surface area contributed by atoms with Crippen LogP contribution in [0, 0.1) is 6.92 Å². The Morgan fingerprint density at radius 2 is 2.05 bits per heavy atom. The molecule has 1 aromatic rings. The number of H-pyrrole nitrogens is 1. The maximum absolute atomic E-state index is 12.0. The van der Waals surface area contributed by atoms with Gasteiger partial charge in [0.15, 0.2) is 3.23 Å². The van der Waals surface area contributed by atoms with Crippen molar-refractivity contribution >= 4 is 47.8 Å². The number of halogens is 3. The van der Waals surface area contributed by atoms with Gasteiger partial charge in [-0.2, -0.15) is 0 Å². The average molecular weight is 479 g/mol. The highest BCUT2D eigenvalue weighted by Gasteiger charge is 2.64. The van der Waals surface area contributed by atoms with Crippen LogP contribution in [-0.4, -0.2) is 41.8 Å². The van der Waals surface area contributed by atoms with Crippen LogP contribution in [-0.2, 0) is 9.37 Å². The van der Waals surface area contributed by atoms with Gasteiger partial charge in [-0.3, -0.25) is 14.3 Å². The number of aliphatic hydroxyl groups is 2. The highest BCUT2D eigenvalue weighted by Crippen LogP contribution is 2.56. The smallest absolute Gasteiger partial charge is 0.331 e. The summed E-state index contributed by atoms with van der Waals surface area (Å²) in [5.74, 6) is 0. The molecule has 10 heteroatoms. The van der Waals surface area contributed by atoms with Gasteiger partial charge in [0.1, 0.15) is 12.2 Å². The maximum atomic E-state index is 12.0. The van der Waals surface area contributed by atoms with Crippen molar-refractivity contribution in [3.05, 3.63) is 32.6 Å². The van der Waals surface area contributed by atoms with Gasteiger partial charge < -0.3 is 14.9 Å². The number of nitrogens with zero attached hydrogens (tertiary/aromatic N) is 1. The van der Waals surface area contributed by atoms with E-state index in [1.807, 2.05) is 0 Å². The summed E-state index contributed by atoms with van der Waals surface area (Å²) in [6.45, 7) is 1.09. The zero-order chi connectivity index (χ0) is 15.3. The molecule has 1 aliphatic heterocycles. The Labute approximate surface area is 138 Å². The van der Waals surface area contributed by atoms with Crippen LogP contribution in [0.4, 0.5) is 0 Å². The molecule has 1 aliphatic rings. The van der Waals surface area contributed by atoms with Gasteiger partial charge in [0.05, 0.1) is 6.61 Å². The molecule has 3 atom stereocenters. The van der Waals surface area contributed by atoms with E-state index in [1.54, 1.807) is 0 Å². The first-order valence-corrected chi connectivity index (χ1v) is 7.89. The summed E-state index contributed by atoms with van der Waals surface area (Å²) in [4.78, 5) is 25.6. The number of rotatable bonds is 2. The molecule has 1 saturated heterocycles. The number of aromatic nitrogens is 2. The zero-order valence-electron chi connectivity index (χ0n) is 10.1. The summed E-state index contributed by atoms with van der Waals surface area (Å²) in [6, 6.07) is 0. The maximum Gasteiger partial charge on any atom is 0.331 e. The molecule has 20 heavy (non-hydrogen) atoms. The topological polar surface area (TPSA) is 105 Å². The third-order valence-electron chi connectivity index (χ3n) is 3.05. The molecule has 1 fully saturated rings. The predicted molar refractivity (Wildman–Crippen MR) is 81.5 cm³/mol. The minimum atomic E-state index is -1.53. The fourth-order valence-electron chi connectivity index (χ4n) is 1.89. The number of aliphatic hydroxyl groups excluding tert-OH is 2. The third kappa shape index (κ3) is 2.26. The largest absolute Gasteiger partial charge is 0.394 e. The van der Waals surface area contributed by atoms with Crippen molar-refractivity contribution in [1.82, 2.24) is 9.55 Å². The quantitative estimate of drug-likeness (QED) is 0.523. The van der Waals surface area contributed by atoms with Crippen LogP contribution < -0.4 is 11.2 Å². The van der Waals surface area contributed by atoms with Crippen molar-refractivity contribution in [2.75, 3.05) is 6.61 Å². The number of alkyl halides is 3. The first-order chi connectivity index (χ1) is 9.15. The second-order valence-corrected chi connectivity index (χ2v) is 9.05. The van der Waals surface area contributed by atoms with Gasteiger partial charge in [-0.1, -0.05) is 31.9 Å². The van der Waals surface area contributed by atoms with Crippen LogP contribution in [0.25, 0.3) is 0 Å². The lowest BCUT2D eigenvalue weighted by Gasteiger charge is -2.33. The molecule has 112 valence electrons. The van der Waals surface area contributed by atoms with E-state index in [0.717, 1.165) is 4.57 Å². The standard InChI is InChI=1S/C10H11Br3N2O5/c1-4-2-15(8(19)14-7(4)18)10(13)9(11,12)6(17)5(3-16)20-10/h2,5-6,16-17H,3H2,1H3,(H,14,18,19)/t5-,6-,10+/m1/s1. The van der Waals surface area contributed by atoms with Crippen LogP contribution in [0.2, 0.25) is 0 Å². The van der Waals surface area contributed by atoms with Crippen molar-refractivity contribution in [2.24, 2.45) is 0 Å². The summed E-state index contributed by atoms with van der Waals surface area (Å²) in [5, 5.41) is 19.4.